The highest BCUT2D eigenvalue weighted by molar-refractivity contribution is 7.89. The number of nitrogens with zero attached hydrogens (tertiary/aromatic N) is 3. The number of piperidine rings is 1. The molecule has 51 heavy (non-hydrogen) atoms. The van der Waals surface area contributed by atoms with Gasteiger partial charge in [-0.1, -0.05) is 29.2 Å². The lowest BCUT2D eigenvalue weighted by atomic mass is 9.99. The van der Waals surface area contributed by atoms with Gasteiger partial charge in [-0.3, -0.25) is 9.69 Å². The smallest absolute Gasteiger partial charge is 0.335 e. The van der Waals surface area contributed by atoms with E-state index in [0.29, 0.717) is 24.5 Å². The number of ether oxygens (including phenoxy) is 1. The van der Waals surface area contributed by atoms with Gasteiger partial charge in [-0.2, -0.15) is 4.31 Å². The van der Waals surface area contributed by atoms with E-state index >= 15 is 0 Å². The van der Waals surface area contributed by atoms with Crippen molar-refractivity contribution in [1.82, 2.24) is 14.2 Å². The van der Waals surface area contributed by atoms with Crippen molar-refractivity contribution >= 4 is 44.1 Å². The fourth-order valence-corrected chi connectivity index (χ4v) is 7.40. The Hall–Kier alpha value is -4.10. The summed E-state index contributed by atoms with van der Waals surface area (Å²) in [5.41, 5.74) is 5.94. The van der Waals surface area contributed by atoms with Gasteiger partial charge in [0.1, 0.15) is 40.6 Å². The van der Waals surface area contributed by atoms with Crippen molar-refractivity contribution in [2.45, 2.75) is 54.5 Å². The molecule has 5 rings (SSSR count). The van der Waals surface area contributed by atoms with Crippen LogP contribution < -0.4 is 11.1 Å². The zero-order valence-electron chi connectivity index (χ0n) is 27.3. The van der Waals surface area contributed by atoms with Gasteiger partial charge in [0.2, 0.25) is 15.8 Å². The zero-order valence-corrected chi connectivity index (χ0v) is 28.9. The summed E-state index contributed by atoms with van der Waals surface area (Å²) in [4.78, 5) is 29.3. The Kier molecular flexibility index (Phi) is 13.2. The first-order valence-electron chi connectivity index (χ1n) is 15.4. The van der Waals surface area contributed by atoms with Crippen molar-refractivity contribution in [2.75, 3.05) is 44.8 Å². The van der Waals surface area contributed by atoms with Gasteiger partial charge in [0.25, 0.3) is 0 Å². The normalized spacial score (nSPS) is 22.7. The average molecular weight is 754 g/mol. The number of anilines is 2. The summed E-state index contributed by atoms with van der Waals surface area (Å²) in [6, 6.07) is 9.59. The van der Waals surface area contributed by atoms with Crippen molar-refractivity contribution in [3.63, 3.8) is 0 Å². The summed E-state index contributed by atoms with van der Waals surface area (Å²) in [5.74, 6) is 1.56. The number of carbonyl (C=O) groups excluding carboxylic acids is 1. The average Bonchev–Trinajstić information content (AvgIpc) is 3.45. The van der Waals surface area contributed by atoms with Crippen LogP contribution in [0.2, 0.25) is 0 Å². The molecule has 0 amide bonds. The number of carboxylic acid groups (broad SMARTS) is 1. The van der Waals surface area contributed by atoms with Gasteiger partial charge in [0, 0.05) is 24.7 Å². The first-order valence-corrected chi connectivity index (χ1v) is 17.6. The van der Waals surface area contributed by atoms with Crippen LogP contribution in [0.5, 0.6) is 0 Å². The summed E-state index contributed by atoms with van der Waals surface area (Å²) in [5, 5.41) is 47.9. The van der Waals surface area contributed by atoms with Gasteiger partial charge in [-0.25, -0.2) is 27.0 Å². The lowest BCUT2D eigenvalue weighted by molar-refractivity contribution is -0.279. The number of aliphatic hydroxyl groups is 4. The van der Waals surface area contributed by atoms with E-state index in [2.05, 4.69) is 26.9 Å². The zero-order chi connectivity index (χ0) is 37.6. The Morgan fingerprint density at radius 1 is 1.04 bits per heavy atom. The van der Waals surface area contributed by atoms with Crippen molar-refractivity contribution < 1.29 is 57.1 Å². The Balaban J connectivity index is 0.000000378. The summed E-state index contributed by atoms with van der Waals surface area (Å²) in [7, 11) is 0.180. The summed E-state index contributed by atoms with van der Waals surface area (Å²) in [6.45, 7) is 1.19. The molecule has 0 bridgehead atoms. The Morgan fingerprint density at radius 2 is 1.65 bits per heavy atom. The predicted molar refractivity (Wildman–Crippen MR) is 180 cm³/mol. The number of carbonyl (C=O) groups is 2. The van der Waals surface area contributed by atoms with E-state index in [1.807, 2.05) is 19.0 Å². The number of halogens is 2. The van der Waals surface area contributed by atoms with Crippen molar-refractivity contribution in [3.8, 4) is 11.8 Å². The molecule has 2 aromatic carbocycles. The third-order valence-corrected chi connectivity index (χ3v) is 10.7. The molecule has 3 aromatic rings. The number of ketones is 1. The number of rotatable bonds is 8. The van der Waals surface area contributed by atoms with E-state index in [4.69, 9.17) is 31.3 Å². The molecule has 2 saturated heterocycles. The molecule has 276 valence electrons. The fraction of sp³-hybridized carbons (Fsp3) is 0.406. The van der Waals surface area contributed by atoms with Crippen LogP contribution in [0.15, 0.2) is 47.4 Å². The van der Waals surface area contributed by atoms with E-state index in [9.17, 15) is 26.8 Å². The van der Waals surface area contributed by atoms with Crippen molar-refractivity contribution in [2.24, 2.45) is 0 Å². The third kappa shape index (κ3) is 9.62. The van der Waals surface area contributed by atoms with Crippen LogP contribution in [0.4, 0.5) is 19.7 Å². The molecule has 0 spiro atoms. The lowest BCUT2D eigenvalue weighted by Gasteiger charge is -2.36. The first kappa shape index (κ1) is 39.7. The molecule has 1 aromatic heterocycles. The van der Waals surface area contributed by atoms with E-state index < -0.39 is 69.7 Å². The highest BCUT2D eigenvalue weighted by atomic mass is 32.2. The van der Waals surface area contributed by atoms with Crippen LogP contribution >= 0.6 is 11.3 Å². The molecule has 0 unspecified atom stereocenters. The Bertz CT molecular complexity index is 1860. The number of nitrogen functional groups attached to an aromatic ring is 1. The van der Waals surface area contributed by atoms with Crippen molar-refractivity contribution in [1.29, 1.82) is 0 Å². The topological polar surface area (TPSA) is 236 Å². The number of hydrogen-bond donors (Lipinski definition) is 7. The second-order valence-corrected chi connectivity index (χ2v) is 14.7. The van der Waals surface area contributed by atoms with E-state index in [1.165, 1.54) is 10.4 Å². The monoisotopic (exact) mass is 753 g/mol. The second kappa shape index (κ2) is 16.9. The maximum absolute atomic E-state index is 14.1. The van der Waals surface area contributed by atoms with Crippen LogP contribution in [-0.2, 0) is 19.6 Å². The van der Waals surface area contributed by atoms with Gasteiger partial charge in [0.15, 0.2) is 17.5 Å². The minimum atomic E-state index is -3.66. The SMILES string of the molecule is CN(C)CC#Cc1ccc(S(=O)(=O)N2CCC(Nc3nc(N)c(C(=O)c4c(F)cccc4F)s3)CC2)cc1.O=C(O)[C@H]1O[C@@H](O)[C@H](O)[C@@H](O)[C@@H]1O. The minimum Gasteiger partial charge on any atom is -0.479 e. The standard InChI is InChI=1S/C26H27F2N5O3S2.C6H10O7/c1-32(2)14-4-5-17-8-10-19(11-9-17)38(35,36)33-15-12-18(13-16-33)30-26-31-25(29)24(37-26)23(34)22-20(27)6-3-7-21(22)28;7-1-2(8)4(5(10)11)13-6(12)3(1)9/h3,6-11,18H,12-16,29H2,1-2H3,(H,30,31);1-4,6-9,12H,(H,10,11)/t;1-,2-,3+,4-,6+/m.0/s1. The number of carboxylic acids is 1. The van der Waals surface area contributed by atoms with Gasteiger partial charge in [-0.05, 0) is 63.3 Å². The van der Waals surface area contributed by atoms with Crippen LogP contribution in [0.1, 0.15) is 33.6 Å². The molecule has 8 N–H and O–H groups in total. The molecular weight excluding hydrogens is 717 g/mol. The van der Waals surface area contributed by atoms with E-state index in [0.717, 1.165) is 29.0 Å². The second-order valence-electron chi connectivity index (χ2n) is 11.8. The number of hydrogen-bond acceptors (Lipinski definition) is 14. The molecule has 15 nitrogen and oxygen atoms in total. The number of aliphatic hydroxyl groups excluding tert-OH is 4. The van der Waals surface area contributed by atoms with Gasteiger partial charge in [0.05, 0.1) is 17.0 Å². The van der Waals surface area contributed by atoms with Gasteiger partial charge < -0.3 is 41.3 Å². The highest BCUT2D eigenvalue weighted by Gasteiger charge is 2.46. The number of nitrogens with two attached hydrogens (primary N) is 1. The molecule has 0 aliphatic carbocycles. The summed E-state index contributed by atoms with van der Waals surface area (Å²) in [6.07, 6.45) is -7.73. The fourth-order valence-electron chi connectivity index (χ4n) is 5.02. The number of sulfonamides is 1. The number of aromatic nitrogens is 1. The molecule has 19 heteroatoms. The quantitative estimate of drug-likeness (QED) is 0.121. The molecular formula is C32H37F2N5O10S2. The summed E-state index contributed by atoms with van der Waals surface area (Å²) >= 11 is 0.909. The largest absolute Gasteiger partial charge is 0.479 e. The van der Waals surface area contributed by atoms with Gasteiger partial charge in [-0.15, -0.1) is 0 Å². The molecule has 2 fully saturated rings. The lowest BCUT2D eigenvalue weighted by Crippen LogP contribution is -2.59. The van der Waals surface area contributed by atoms with Crippen LogP contribution in [-0.4, -0.2) is 130 Å². The number of benzene rings is 2. The minimum absolute atomic E-state index is 0.0636. The number of thiazole rings is 1. The molecule has 0 saturated carbocycles. The first-order chi connectivity index (χ1) is 24.0. The molecule has 3 heterocycles. The molecule has 2 aliphatic rings. The Morgan fingerprint density at radius 3 is 2.22 bits per heavy atom. The molecule has 5 atom stereocenters. The molecule has 2 aliphatic heterocycles. The Labute approximate surface area is 296 Å². The van der Waals surface area contributed by atoms with Crippen LogP contribution in [0.25, 0.3) is 0 Å². The van der Waals surface area contributed by atoms with E-state index in [-0.39, 0.29) is 34.7 Å². The van der Waals surface area contributed by atoms with E-state index in [1.54, 1.807) is 24.3 Å². The maximum Gasteiger partial charge on any atom is 0.335 e. The number of nitrogens with one attached hydrogen (secondary N) is 1. The highest BCUT2D eigenvalue weighted by Crippen LogP contribution is 2.31. The van der Waals surface area contributed by atoms with Crippen LogP contribution in [0, 0.1) is 23.5 Å². The maximum atomic E-state index is 14.1. The predicted octanol–water partition coefficient (Wildman–Crippen LogP) is 0.284. The number of aliphatic carboxylic acids is 1. The third-order valence-electron chi connectivity index (χ3n) is 7.78. The molecule has 0 radical (unpaired) electrons. The summed E-state index contributed by atoms with van der Waals surface area (Å²) < 4.78 is 60.1. The van der Waals surface area contributed by atoms with Gasteiger partial charge >= 0.3 is 5.97 Å². The van der Waals surface area contributed by atoms with Crippen LogP contribution in [0.3, 0.4) is 0 Å². The van der Waals surface area contributed by atoms with Crippen molar-refractivity contribution in [3.05, 3.63) is 70.1 Å².